The van der Waals surface area contributed by atoms with Crippen LogP contribution in [0.3, 0.4) is 0 Å². The molecule has 0 amide bonds. The summed E-state index contributed by atoms with van der Waals surface area (Å²) in [5.74, 6) is 0.0103. The van der Waals surface area contributed by atoms with Crippen molar-refractivity contribution in [3.05, 3.63) is 46.8 Å². The van der Waals surface area contributed by atoms with Gasteiger partial charge in [0.25, 0.3) is 11.0 Å². The van der Waals surface area contributed by atoms with Crippen LogP contribution < -0.4 is 14.2 Å². The maximum atomic E-state index is 12.8. The molecule has 0 unspecified atom stereocenters. The second-order valence-electron chi connectivity index (χ2n) is 6.13. The van der Waals surface area contributed by atoms with Crippen LogP contribution >= 0.6 is 0 Å². The maximum Gasteiger partial charge on any atom is 0.332 e. The van der Waals surface area contributed by atoms with Crippen LogP contribution in [0.25, 0.3) is 22.1 Å². The van der Waals surface area contributed by atoms with Crippen molar-refractivity contribution in [1.29, 1.82) is 0 Å². The van der Waals surface area contributed by atoms with Crippen LogP contribution in [-0.2, 0) is 14.2 Å². The van der Waals surface area contributed by atoms with E-state index < -0.39 is 0 Å². The number of aromatic nitrogens is 2. The Hall–Kier alpha value is -2.88. The molecule has 3 aromatic rings. The van der Waals surface area contributed by atoms with Gasteiger partial charge in [0, 0.05) is 18.7 Å². The number of phenolic OH excluding ortho intramolecular Hbond substituents is 1. The van der Waals surface area contributed by atoms with Gasteiger partial charge < -0.3 is 34.5 Å². The van der Waals surface area contributed by atoms with Crippen molar-refractivity contribution in [2.75, 3.05) is 46.2 Å². The first-order valence-corrected chi connectivity index (χ1v) is 9.40. The van der Waals surface area contributed by atoms with E-state index in [-0.39, 0.29) is 40.2 Å². The van der Waals surface area contributed by atoms with E-state index in [4.69, 9.17) is 18.9 Å². The molecule has 0 bridgehead atoms. The number of nitrogens with zero attached hydrogens (tertiary/aromatic N) is 2. The molecule has 29 heavy (non-hydrogen) atoms. The highest BCUT2D eigenvalue weighted by Crippen LogP contribution is 2.25. The Kier molecular flexibility index (Phi) is 7.23. The van der Waals surface area contributed by atoms with E-state index in [9.17, 15) is 15.5 Å². The smallest absolute Gasteiger partial charge is 0.332 e. The Morgan fingerprint density at radius 1 is 0.759 bits per heavy atom. The van der Waals surface area contributed by atoms with Crippen molar-refractivity contribution < 1.29 is 33.5 Å². The van der Waals surface area contributed by atoms with E-state index in [0.717, 1.165) is 0 Å². The third kappa shape index (κ3) is 4.76. The minimum Gasteiger partial charge on any atom is -0.617 e. The Balaban J connectivity index is 1.63. The number of rotatable bonds is 11. The lowest BCUT2D eigenvalue weighted by Gasteiger charge is -2.12. The van der Waals surface area contributed by atoms with E-state index in [1.807, 2.05) is 6.92 Å². The number of hydrogen-bond donors (Lipinski definition) is 1. The first kappa shape index (κ1) is 20.8. The zero-order valence-corrected chi connectivity index (χ0v) is 16.2. The normalized spacial score (nSPS) is 11.3. The quantitative estimate of drug-likeness (QED) is 0.223. The van der Waals surface area contributed by atoms with Crippen molar-refractivity contribution in [2.24, 2.45) is 0 Å². The van der Waals surface area contributed by atoms with Crippen molar-refractivity contribution in [3.8, 4) is 11.5 Å². The number of fused-ring (bicyclic) bond motifs is 2. The molecule has 0 saturated heterocycles. The Bertz CT molecular complexity index is 965. The van der Waals surface area contributed by atoms with Gasteiger partial charge in [-0.3, -0.25) is 0 Å². The van der Waals surface area contributed by atoms with E-state index in [2.05, 4.69) is 0 Å². The average Bonchev–Trinajstić information content (AvgIpc) is 2.73. The lowest BCUT2D eigenvalue weighted by Crippen LogP contribution is -2.39. The fraction of sp³-hybridized carbons (Fsp3) is 0.400. The van der Waals surface area contributed by atoms with E-state index in [1.54, 1.807) is 12.1 Å². The summed E-state index contributed by atoms with van der Waals surface area (Å²) in [7, 11) is 0. The van der Waals surface area contributed by atoms with Crippen LogP contribution in [0.2, 0.25) is 0 Å². The van der Waals surface area contributed by atoms with Crippen molar-refractivity contribution >= 4 is 22.1 Å². The molecule has 2 aromatic carbocycles. The first-order valence-electron chi connectivity index (χ1n) is 9.40. The van der Waals surface area contributed by atoms with Gasteiger partial charge in [-0.25, -0.2) is 0 Å². The van der Waals surface area contributed by atoms with Crippen LogP contribution in [0.4, 0.5) is 0 Å². The van der Waals surface area contributed by atoms with Gasteiger partial charge in [-0.05, 0) is 19.1 Å². The Morgan fingerprint density at radius 3 is 2.00 bits per heavy atom. The van der Waals surface area contributed by atoms with Crippen LogP contribution in [0.15, 0.2) is 36.4 Å². The average molecular weight is 404 g/mol. The van der Waals surface area contributed by atoms with Crippen molar-refractivity contribution in [1.82, 2.24) is 0 Å². The molecule has 1 heterocycles. The summed E-state index contributed by atoms with van der Waals surface area (Å²) >= 11 is 0. The zero-order valence-electron chi connectivity index (χ0n) is 16.2. The number of phenols is 1. The van der Waals surface area contributed by atoms with E-state index in [1.165, 1.54) is 24.3 Å². The van der Waals surface area contributed by atoms with Gasteiger partial charge in [0.15, 0.2) is 11.5 Å². The molecule has 0 aliphatic heterocycles. The molecular weight excluding hydrogens is 380 g/mol. The molecule has 9 heteroatoms. The molecule has 0 saturated carbocycles. The Labute approximate surface area is 167 Å². The molecule has 0 atom stereocenters. The number of para-hydroxylation sites is 2. The molecule has 0 fully saturated rings. The fourth-order valence-electron chi connectivity index (χ4n) is 2.92. The van der Waals surface area contributed by atoms with Gasteiger partial charge in [-0.1, -0.05) is 12.1 Å². The summed E-state index contributed by atoms with van der Waals surface area (Å²) in [6.07, 6.45) is 0. The van der Waals surface area contributed by atoms with Crippen molar-refractivity contribution in [2.45, 2.75) is 6.92 Å². The van der Waals surface area contributed by atoms with Gasteiger partial charge in [-0.15, -0.1) is 0 Å². The van der Waals surface area contributed by atoms with Crippen LogP contribution in [0.1, 0.15) is 6.92 Å². The second-order valence-corrected chi connectivity index (χ2v) is 6.13. The Morgan fingerprint density at radius 2 is 1.31 bits per heavy atom. The molecule has 1 aromatic heterocycles. The van der Waals surface area contributed by atoms with Crippen LogP contribution in [0.5, 0.6) is 11.5 Å². The van der Waals surface area contributed by atoms with Crippen molar-refractivity contribution in [3.63, 3.8) is 0 Å². The fourth-order valence-corrected chi connectivity index (χ4v) is 2.92. The number of benzene rings is 2. The van der Waals surface area contributed by atoms with E-state index >= 15 is 0 Å². The monoisotopic (exact) mass is 404 g/mol. The molecule has 0 aliphatic carbocycles. The zero-order chi connectivity index (χ0) is 20.6. The SMILES string of the molecule is CCOCCOCCOCCOc1cccc2c1[n+]([O-])c1cccc(O)c1[n+]2[O-]. The lowest BCUT2D eigenvalue weighted by atomic mass is 10.2. The minimum atomic E-state index is -0.257. The maximum absolute atomic E-state index is 12.8. The predicted octanol–water partition coefficient (Wildman–Crippen LogP) is 1.41. The molecule has 0 radical (unpaired) electrons. The summed E-state index contributed by atoms with van der Waals surface area (Å²) in [6.45, 7) is 5.04. The molecule has 0 aliphatic rings. The highest BCUT2D eigenvalue weighted by Gasteiger charge is 2.26. The van der Waals surface area contributed by atoms with Gasteiger partial charge in [-0.2, -0.15) is 9.46 Å². The predicted molar refractivity (Wildman–Crippen MR) is 105 cm³/mol. The third-order valence-electron chi connectivity index (χ3n) is 4.25. The number of hydrogen-bond acceptors (Lipinski definition) is 7. The molecular formula is C20H24N2O7. The molecule has 0 spiro atoms. The number of ether oxygens (including phenoxy) is 4. The van der Waals surface area contributed by atoms with Gasteiger partial charge in [0.05, 0.1) is 33.0 Å². The lowest BCUT2D eigenvalue weighted by molar-refractivity contribution is -0.591. The van der Waals surface area contributed by atoms with Crippen LogP contribution in [0, 0.1) is 10.4 Å². The van der Waals surface area contributed by atoms with Gasteiger partial charge in [0.2, 0.25) is 0 Å². The van der Waals surface area contributed by atoms with E-state index in [0.29, 0.717) is 49.1 Å². The molecule has 3 rings (SSSR count). The molecule has 9 nitrogen and oxygen atoms in total. The third-order valence-corrected chi connectivity index (χ3v) is 4.25. The van der Waals surface area contributed by atoms with Crippen LogP contribution in [-0.4, -0.2) is 51.4 Å². The van der Waals surface area contributed by atoms with Gasteiger partial charge in [0.1, 0.15) is 6.61 Å². The largest absolute Gasteiger partial charge is 0.617 e. The molecule has 156 valence electrons. The highest BCUT2D eigenvalue weighted by atomic mass is 16.6. The highest BCUT2D eigenvalue weighted by molar-refractivity contribution is 5.83. The topological polar surface area (TPSA) is 111 Å². The summed E-state index contributed by atoms with van der Waals surface area (Å²) in [4.78, 5) is 0. The van der Waals surface area contributed by atoms with Gasteiger partial charge >= 0.3 is 11.0 Å². The summed E-state index contributed by atoms with van der Waals surface area (Å²) < 4.78 is 22.8. The second kappa shape index (κ2) is 10.1. The minimum absolute atomic E-state index is 0.0593. The first-order chi connectivity index (χ1) is 14.1. The summed E-state index contributed by atoms with van der Waals surface area (Å²) in [6, 6.07) is 9.08. The summed E-state index contributed by atoms with van der Waals surface area (Å²) in [5.41, 5.74) is 0.179. The standard InChI is InChI=1S/C20H24N2O7/c1-2-26-9-10-27-11-12-28-13-14-29-18-8-4-6-16-20(18)22(25)15-5-3-7-17(23)19(15)21(16)24/h3-8,23H,2,9-14H2,1H3. The molecule has 1 N–H and O–H groups in total. The summed E-state index contributed by atoms with van der Waals surface area (Å²) in [5, 5.41) is 35.4. The number of aromatic hydroxyl groups is 1.